The molecule has 0 unspecified atom stereocenters. The second-order valence-corrected chi connectivity index (χ2v) is 9.08. The highest BCUT2D eigenvalue weighted by Gasteiger charge is 2.18. The maximum absolute atomic E-state index is 13.0. The molecule has 0 saturated carbocycles. The summed E-state index contributed by atoms with van der Waals surface area (Å²) < 4.78 is 4.38. The molecule has 0 aliphatic carbocycles. The molecule has 1 aromatic carbocycles. The molecule has 32 heavy (non-hydrogen) atoms. The number of hydrogen-bond acceptors (Lipinski definition) is 5. The Morgan fingerprint density at radius 3 is 2.75 bits per heavy atom. The molecule has 0 spiro atoms. The lowest BCUT2D eigenvalue weighted by Gasteiger charge is -2.13. The predicted molar refractivity (Wildman–Crippen MR) is 128 cm³/mol. The predicted octanol–water partition coefficient (Wildman–Crippen LogP) is 4.15. The molecule has 168 valence electrons. The van der Waals surface area contributed by atoms with Gasteiger partial charge >= 0.3 is 0 Å². The van der Waals surface area contributed by atoms with Crippen LogP contribution in [0.15, 0.2) is 46.6 Å². The molecular formula is C24H29N5O2S. The average Bonchev–Trinajstić information content (AvgIpc) is 3.46. The number of rotatable bonds is 10. The fourth-order valence-corrected chi connectivity index (χ4v) is 4.77. The zero-order chi connectivity index (χ0) is 22.5. The fraction of sp³-hybridized carbons (Fsp3) is 0.417. The Balaban J connectivity index is 1.49. The van der Waals surface area contributed by atoms with Crippen LogP contribution in [-0.4, -0.2) is 31.6 Å². The SMILES string of the molecule is CCCCCn1c(=O)c2sccc2n2c(CCC(=O)NC[C@@H](C)c3ccccc3)nnc12. The van der Waals surface area contributed by atoms with Crippen LogP contribution in [0.4, 0.5) is 0 Å². The van der Waals surface area contributed by atoms with Crippen LogP contribution >= 0.6 is 11.3 Å². The smallest absolute Gasteiger partial charge is 0.272 e. The maximum Gasteiger partial charge on any atom is 0.272 e. The molecule has 0 radical (unpaired) electrons. The standard InChI is InChI=1S/C24H29N5O2S/c1-3-4-8-14-28-23(31)22-19(13-15-32-22)29-20(26-27-24(28)29)11-12-21(30)25-16-17(2)18-9-6-5-7-10-18/h5-7,9-10,13,15,17H,3-4,8,11-12,14,16H2,1-2H3,(H,25,30)/t17-/m1/s1. The van der Waals surface area contributed by atoms with Gasteiger partial charge in [0.25, 0.3) is 5.56 Å². The number of nitrogens with one attached hydrogen (secondary N) is 1. The lowest BCUT2D eigenvalue weighted by Crippen LogP contribution is -2.28. The molecule has 3 aromatic heterocycles. The van der Waals surface area contributed by atoms with E-state index in [1.807, 2.05) is 34.0 Å². The van der Waals surface area contributed by atoms with Gasteiger partial charge in [0.05, 0.1) is 5.52 Å². The number of benzene rings is 1. The lowest BCUT2D eigenvalue weighted by atomic mass is 10.0. The molecule has 0 aliphatic heterocycles. The fourth-order valence-electron chi connectivity index (χ4n) is 3.94. The summed E-state index contributed by atoms with van der Waals surface area (Å²) in [5, 5.41) is 13.6. The van der Waals surface area contributed by atoms with Crippen LogP contribution in [0, 0.1) is 0 Å². The maximum atomic E-state index is 13.0. The first-order valence-corrected chi connectivity index (χ1v) is 12.1. The monoisotopic (exact) mass is 451 g/mol. The number of amides is 1. The first kappa shape index (κ1) is 22.2. The summed E-state index contributed by atoms with van der Waals surface area (Å²) in [6.45, 7) is 5.46. The highest BCUT2D eigenvalue weighted by Crippen LogP contribution is 2.21. The van der Waals surface area contributed by atoms with E-state index < -0.39 is 0 Å². The second-order valence-electron chi connectivity index (χ2n) is 8.17. The van der Waals surface area contributed by atoms with Gasteiger partial charge in [-0.2, -0.15) is 0 Å². The molecule has 7 nitrogen and oxygen atoms in total. The molecule has 1 atom stereocenters. The van der Waals surface area contributed by atoms with Crippen LogP contribution in [0.25, 0.3) is 16.0 Å². The van der Waals surface area contributed by atoms with Gasteiger partial charge in [-0.05, 0) is 29.3 Å². The second kappa shape index (κ2) is 10.1. The molecular weight excluding hydrogens is 422 g/mol. The minimum absolute atomic E-state index is 0.00908. The zero-order valence-electron chi connectivity index (χ0n) is 18.6. The Hall–Kier alpha value is -3.00. The van der Waals surface area contributed by atoms with Crippen molar-refractivity contribution in [3.05, 3.63) is 63.5 Å². The minimum Gasteiger partial charge on any atom is -0.355 e. The first-order valence-electron chi connectivity index (χ1n) is 11.3. The third kappa shape index (κ3) is 4.60. The summed E-state index contributed by atoms with van der Waals surface area (Å²) in [7, 11) is 0. The van der Waals surface area contributed by atoms with Crippen LogP contribution in [0.5, 0.6) is 0 Å². The van der Waals surface area contributed by atoms with Crippen LogP contribution in [-0.2, 0) is 17.8 Å². The van der Waals surface area contributed by atoms with E-state index in [1.165, 1.54) is 16.9 Å². The number of carbonyl (C=O) groups is 1. The van der Waals surface area contributed by atoms with E-state index in [4.69, 9.17) is 0 Å². The number of nitrogens with zero attached hydrogens (tertiary/aromatic N) is 4. The van der Waals surface area contributed by atoms with Crippen molar-refractivity contribution >= 4 is 33.2 Å². The van der Waals surface area contributed by atoms with Crippen molar-refractivity contribution in [2.75, 3.05) is 6.54 Å². The van der Waals surface area contributed by atoms with E-state index in [0.29, 0.717) is 42.2 Å². The van der Waals surface area contributed by atoms with Gasteiger partial charge in [0.2, 0.25) is 11.7 Å². The average molecular weight is 452 g/mol. The summed E-state index contributed by atoms with van der Waals surface area (Å²) in [6, 6.07) is 12.1. The third-order valence-corrected chi connectivity index (χ3v) is 6.71. The molecule has 4 rings (SSSR count). The summed E-state index contributed by atoms with van der Waals surface area (Å²) in [5.41, 5.74) is 2.02. The summed E-state index contributed by atoms with van der Waals surface area (Å²) in [4.78, 5) is 25.5. The summed E-state index contributed by atoms with van der Waals surface area (Å²) >= 11 is 1.44. The molecule has 0 saturated heterocycles. The molecule has 1 amide bonds. The number of aryl methyl sites for hydroxylation is 2. The molecule has 0 fully saturated rings. The van der Waals surface area contributed by atoms with E-state index in [0.717, 1.165) is 24.8 Å². The van der Waals surface area contributed by atoms with Crippen molar-refractivity contribution in [2.45, 2.75) is 58.4 Å². The van der Waals surface area contributed by atoms with Gasteiger partial charge in [0.1, 0.15) is 10.5 Å². The van der Waals surface area contributed by atoms with E-state index >= 15 is 0 Å². The highest BCUT2D eigenvalue weighted by atomic mass is 32.1. The Morgan fingerprint density at radius 1 is 1.16 bits per heavy atom. The van der Waals surface area contributed by atoms with E-state index in [9.17, 15) is 9.59 Å². The van der Waals surface area contributed by atoms with Crippen LogP contribution in [0.3, 0.4) is 0 Å². The van der Waals surface area contributed by atoms with Crippen LogP contribution in [0.1, 0.15) is 56.8 Å². The Kier molecular flexibility index (Phi) is 6.99. The number of hydrogen-bond donors (Lipinski definition) is 1. The van der Waals surface area contributed by atoms with Crippen LogP contribution in [0.2, 0.25) is 0 Å². The Labute approximate surface area is 191 Å². The van der Waals surface area contributed by atoms with Crippen molar-refractivity contribution in [2.24, 2.45) is 0 Å². The molecule has 1 N–H and O–H groups in total. The van der Waals surface area contributed by atoms with Crippen molar-refractivity contribution < 1.29 is 4.79 Å². The first-order chi connectivity index (χ1) is 15.6. The molecule has 4 aromatic rings. The van der Waals surface area contributed by atoms with Gasteiger partial charge in [-0.15, -0.1) is 21.5 Å². The third-order valence-electron chi connectivity index (χ3n) is 5.81. The number of carbonyl (C=O) groups excluding carboxylic acids is 1. The van der Waals surface area contributed by atoms with Gasteiger partial charge in [-0.3, -0.25) is 18.6 Å². The van der Waals surface area contributed by atoms with Crippen molar-refractivity contribution in [1.82, 2.24) is 24.5 Å². The largest absolute Gasteiger partial charge is 0.355 e. The molecule has 0 aliphatic rings. The highest BCUT2D eigenvalue weighted by molar-refractivity contribution is 7.17. The number of fused-ring (bicyclic) bond motifs is 3. The van der Waals surface area contributed by atoms with Crippen molar-refractivity contribution in [3.8, 4) is 0 Å². The molecule has 8 heteroatoms. The van der Waals surface area contributed by atoms with E-state index in [1.54, 1.807) is 4.57 Å². The Morgan fingerprint density at radius 2 is 1.97 bits per heavy atom. The van der Waals surface area contributed by atoms with Gasteiger partial charge in [-0.1, -0.05) is 57.0 Å². The van der Waals surface area contributed by atoms with E-state index in [2.05, 4.69) is 41.5 Å². The van der Waals surface area contributed by atoms with Crippen molar-refractivity contribution in [3.63, 3.8) is 0 Å². The van der Waals surface area contributed by atoms with E-state index in [-0.39, 0.29) is 17.4 Å². The zero-order valence-corrected chi connectivity index (χ0v) is 19.4. The van der Waals surface area contributed by atoms with Gasteiger partial charge in [-0.25, -0.2) is 0 Å². The molecule has 0 bridgehead atoms. The number of aromatic nitrogens is 4. The summed E-state index contributed by atoms with van der Waals surface area (Å²) in [5.74, 6) is 1.50. The number of thiophene rings is 1. The van der Waals surface area contributed by atoms with Gasteiger partial charge in [0.15, 0.2) is 0 Å². The Bertz CT molecular complexity index is 1260. The quantitative estimate of drug-likeness (QED) is 0.367. The number of unbranched alkanes of at least 4 members (excludes halogenated alkanes) is 2. The van der Waals surface area contributed by atoms with Gasteiger partial charge in [0, 0.05) is 25.9 Å². The topological polar surface area (TPSA) is 81.3 Å². The normalized spacial score (nSPS) is 12.4. The lowest BCUT2D eigenvalue weighted by molar-refractivity contribution is -0.121. The van der Waals surface area contributed by atoms with Crippen molar-refractivity contribution in [1.29, 1.82) is 0 Å². The van der Waals surface area contributed by atoms with Crippen LogP contribution < -0.4 is 10.9 Å². The minimum atomic E-state index is -0.0117. The molecule has 3 heterocycles. The van der Waals surface area contributed by atoms with Gasteiger partial charge < -0.3 is 5.32 Å². The summed E-state index contributed by atoms with van der Waals surface area (Å²) in [6.07, 6.45) is 3.85.